The molecule has 1 atom stereocenters. The molecule has 0 fully saturated rings. The summed E-state index contributed by atoms with van der Waals surface area (Å²) in [6, 6.07) is 25.4. The third kappa shape index (κ3) is 7.57. The third-order valence-corrected chi connectivity index (χ3v) is 6.17. The van der Waals surface area contributed by atoms with Gasteiger partial charge in [0.2, 0.25) is 11.8 Å². The maximum atomic E-state index is 13.5. The van der Waals surface area contributed by atoms with Crippen molar-refractivity contribution >= 4 is 27.7 Å². The van der Waals surface area contributed by atoms with Crippen LogP contribution in [0.5, 0.6) is 0 Å². The van der Waals surface area contributed by atoms with Crippen LogP contribution in [-0.4, -0.2) is 29.3 Å². The molecule has 0 radical (unpaired) electrons. The minimum atomic E-state index is -0.582. The van der Waals surface area contributed by atoms with Crippen LogP contribution in [-0.2, 0) is 29.0 Å². The Morgan fingerprint density at radius 1 is 0.879 bits per heavy atom. The third-order valence-electron chi connectivity index (χ3n) is 5.64. The second-order valence-electron chi connectivity index (χ2n) is 8.23. The fourth-order valence-electron chi connectivity index (χ4n) is 3.78. The van der Waals surface area contributed by atoms with Crippen LogP contribution in [0.2, 0.25) is 0 Å². The molecule has 3 rings (SSSR count). The van der Waals surface area contributed by atoms with E-state index in [4.69, 9.17) is 0 Å². The number of likely N-dealkylation sites (N-methyl/N-ethyl adjacent to an activating group) is 1. The van der Waals surface area contributed by atoms with E-state index in [-0.39, 0.29) is 11.8 Å². The normalized spacial score (nSPS) is 11.6. The van der Waals surface area contributed by atoms with Gasteiger partial charge in [0.1, 0.15) is 6.04 Å². The van der Waals surface area contributed by atoms with Crippen LogP contribution >= 0.6 is 15.9 Å². The van der Waals surface area contributed by atoms with E-state index in [0.29, 0.717) is 32.4 Å². The summed E-state index contributed by atoms with van der Waals surface area (Å²) < 4.78 is 0.980. The van der Waals surface area contributed by atoms with Gasteiger partial charge in [0.15, 0.2) is 0 Å². The quantitative estimate of drug-likeness (QED) is 0.396. The highest BCUT2D eigenvalue weighted by Gasteiger charge is 2.29. The van der Waals surface area contributed by atoms with Gasteiger partial charge in [-0.25, -0.2) is 0 Å². The number of halogens is 1. The number of rotatable bonds is 10. The average molecular weight is 507 g/mol. The Bertz CT molecular complexity index is 1030. The first-order chi connectivity index (χ1) is 16.0. The molecule has 0 heterocycles. The number of hydrogen-bond donors (Lipinski definition) is 1. The lowest BCUT2D eigenvalue weighted by atomic mass is 10.0. The molecule has 1 unspecified atom stereocenters. The van der Waals surface area contributed by atoms with Crippen molar-refractivity contribution in [1.82, 2.24) is 10.2 Å². The van der Waals surface area contributed by atoms with Gasteiger partial charge in [0.25, 0.3) is 0 Å². The second kappa shape index (κ2) is 12.4. The number of benzene rings is 3. The number of amides is 2. The molecule has 5 heteroatoms. The topological polar surface area (TPSA) is 49.4 Å². The van der Waals surface area contributed by atoms with Crippen molar-refractivity contribution in [2.45, 2.75) is 45.7 Å². The maximum Gasteiger partial charge on any atom is 0.243 e. The lowest BCUT2D eigenvalue weighted by Crippen LogP contribution is -2.50. The van der Waals surface area contributed by atoms with Crippen molar-refractivity contribution in [2.75, 3.05) is 6.54 Å². The van der Waals surface area contributed by atoms with Gasteiger partial charge < -0.3 is 10.2 Å². The Balaban J connectivity index is 1.87. The molecule has 0 aromatic heterocycles. The molecule has 33 heavy (non-hydrogen) atoms. The Kier molecular flexibility index (Phi) is 9.25. The minimum Gasteiger partial charge on any atom is -0.355 e. The van der Waals surface area contributed by atoms with E-state index in [1.54, 1.807) is 4.90 Å². The van der Waals surface area contributed by atoms with Gasteiger partial charge in [-0.3, -0.25) is 9.59 Å². The molecule has 0 saturated heterocycles. The fourth-order valence-corrected chi connectivity index (χ4v) is 4.05. The smallest absolute Gasteiger partial charge is 0.243 e. The summed E-state index contributed by atoms with van der Waals surface area (Å²) in [7, 11) is 0. The molecule has 3 aromatic rings. The maximum absolute atomic E-state index is 13.5. The summed E-state index contributed by atoms with van der Waals surface area (Å²) in [5.41, 5.74) is 4.33. The molecule has 0 aliphatic carbocycles. The van der Waals surface area contributed by atoms with E-state index in [0.717, 1.165) is 21.2 Å². The first-order valence-electron chi connectivity index (χ1n) is 11.4. The predicted molar refractivity (Wildman–Crippen MR) is 137 cm³/mol. The molecule has 0 aliphatic heterocycles. The zero-order valence-corrected chi connectivity index (χ0v) is 20.8. The van der Waals surface area contributed by atoms with Crippen LogP contribution in [0.25, 0.3) is 0 Å². The molecular formula is C28H31BrN2O2. The van der Waals surface area contributed by atoms with Crippen molar-refractivity contribution < 1.29 is 9.59 Å². The zero-order valence-electron chi connectivity index (χ0n) is 19.3. The van der Waals surface area contributed by atoms with E-state index in [2.05, 4.69) is 52.4 Å². The average Bonchev–Trinajstić information content (AvgIpc) is 2.82. The molecule has 4 nitrogen and oxygen atoms in total. The van der Waals surface area contributed by atoms with Crippen molar-refractivity contribution in [3.8, 4) is 0 Å². The molecule has 0 saturated carbocycles. The summed E-state index contributed by atoms with van der Waals surface area (Å²) in [4.78, 5) is 28.4. The number of carbonyl (C=O) groups excluding carboxylic acids is 2. The van der Waals surface area contributed by atoms with Crippen LogP contribution in [0, 0.1) is 6.92 Å². The lowest BCUT2D eigenvalue weighted by molar-refractivity contribution is -0.141. The van der Waals surface area contributed by atoms with Crippen LogP contribution in [0.15, 0.2) is 83.3 Å². The van der Waals surface area contributed by atoms with Crippen molar-refractivity contribution in [3.63, 3.8) is 0 Å². The summed E-state index contributed by atoms with van der Waals surface area (Å²) in [5, 5.41) is 2.94. The number of aryl methyl sites for hydroxylation is 2. The minimum absolute atomic E-state index is 0.0225. The summed E-state index contributed by atoms with van der Waals surface area (Å²) in [6.07, 6.45) is 1.47. The van der Waals surface area contributed by atoms with E-state index >= 15 is 0 Å². The lowest BCUT2D eigenvalue weighted by Gasteiger charge is -2.31. The molecule has 3 aromatic carbocycles. The SMILES string of the molecule is CCNC(=O)C(Cc1ccccc1)N(Cc1ccc(Br)cc1)C(=O)CCc1ccc(C)cc1. The van der Waals surface area contributed by atoms with Crippen LogP contribution in [0.1, 0.15) is 35.6 Å². The van der Waals surface area contributed by atoms with Gasteiger partial charge in [0.05, 0.1) is 0 Å². The Labute approximate surface area is 205 Å². The Hall–Kier alpha value is -2.92. The summed E-state index contributed by atoms with van der Waals surface area (Å²) >= 11 is 3.47. The molecule has 172 valence electrons. The van der Waals surface area contributed by atoms with Gasteiger partial charge in [-0.05, 0) is 49.1 Å². The van der Waals surface area contributed by atoms with Crippen molar-refractivity contribution in [3.05, 3.63) is 106 Å². The summed E-state index contributed by atoms with van der Waals surface area (Å²) in [6.45, 7) is 4.85. The second-order valence-corrected chi connectivity index (χ2v) is 9.15. The van der Waals surface area contributed by atoms with E-state index in [9.17, 15) is 9.59 Å². The Morgan fingerprint density at radius 2 is 1.52 bits per heavy atom. The molecule has 0 bridgehead atoms. The van der Waals surface area contributed by atoms with E-state index < -0.39 is 6.04 Å². The number of nitrogens with zero attached hydrogens (tertiary/aromatic N) is 1. The highest BCUT2D eigenvalue weighted by atomic mass is 79.9. The first kappa shape index (κ1) is 24.7. The highest BCUT2D eigenvalue weighted by Crippen LogP contribution is 2.18. The Morgan fingerprint density at radius 3 is 2.15 bits per heavy atom. The van der Waals surface area contributed by atoms with Crippen LogP contribution in [0.4, 0.5) is 0 Å². The summed E-state index contributed by atoms with van der Waals surface area (Å²) in [5.74, 6) is -0.146. The highest BCUT2D eigenvalue weighted by molar-refractivity contribution is 9.10. The van der Waals surface area contributed by atoms with Gasteiger partial charge in [-0.15, -0.1) is 0 Å². The monoisotopic (exact) mass is 506 g/mol. The number of hydrogen-bond acceptors (Lipinski definition) is 2. The van der Waals surface area contributed by atoms with Gasteiger partial charge in [-0.1, -0.05) is 88.2 Å². The first-order valence-corrected chi connectivity index (χ1v) is 12.2. The molecular weight excluding hydrogens is 476 g/mol. The van der Waals surface area contributed by atoms with Crippen LogP contribution in [0.3, 0.4) is 0 Å². The van der Waals surface area contributed by atoms with Crippen molar-refractivity contribution in [2.24, 2.45) is 0 Å². The standard InChI is InChI=1S/C28H31BrN2O2/c1-3-30-28(33)26(19-23-7-5-4-6-8-23)31(20-24-13-16-25(29)17-14-24)27(32)18-15-22-11-9-21(2)10-12-22/h4-14,16-17,26H,3,15,18-20H2,1-2H3,(H,30,33). The van der Waals surface area contributed by atoms with E-state index in [1.165, 1.54) is 5.56 Å². The van der Waals surface area contributed by atoms with Crippen LogP contribution < -0.4 is 5.32 Å². The van der Waals surface area contributed by atoms with Gasteiger partial charge in [-0.2, -0.15) is 0 Å². The molecule has 1 N–H and O–H groups in total. The zero-order chi connectivity index (χ0) is 23.6. The largest absolute Gasteiger partial charge is 0.355 e. The van der Waals surface area contributed by atoms with Gasteiger partial charge in [0, 0.05) is 30.4 Å². The number of carbonyl (C=O) groups is 2. The molecule has 0 aliphatic rings. The van der Waals surface area contributed by atoms with Gasteiger partial charge >= 0.3 is 0 Å². The van der Waals surface area contributed by atoms with Crippen molar-refractivity contribution in [1.29, 1.82) is 0 Å². The predicted octanol–water partition coefficient (Wildman–Crippen LogP) is 5.47. The van der Waals surface area contributed by atoms with E-state index in [1.807, 2.05) is 61.5 Å². The fraction of sp³-hybridized carbons (Fsp3) is 0.286. The number of nitrogens with one attached hydrogen (secondary N) is 1. The molecule has 0 spiro atoms. The molecule has 2 amide bonds.